The minimum Gasteiger partial charge on any atom is -0.480 e. The van der Waals surface area contributed by atoms with Gasteiger partial charge in [0.15, 0.2) is 0 Å². The van der Waals surface area contributed by atoms with Crippen LogP contribution in [0.3, 0.4) is 0 Å². The molecule has 2 N–H and O–H groups in total. The summed E-state index contributed by atoms with van der Waals surface area (Å²) in [6.07, 6.45) is 0.242. The second-order valence-electron chi connectivity index (χ2n) is 8.80. The molecule has 31 heavy (non-hydrogen) atoms. The van der Waals surface area contributed by atoms with E-state index in [-0.39, 0.29) is 24.8 Å². The number of hydrogen-bond donors (Lipinski definition) is 2. The van der Waals surface area contributed by atoms with Gasteiger partial charge < -0.3 is 5.11 Å². The smallest absolute Gasteiger partial charge is 0.324 e. The first-order valence-electron chi connectivity index (χ1n) is 10.4. The molecule has 2 aromatic carbocycles. The van der Waals surface area contributed by atoms with Crippen LogP contribution >= 0.6 is 11.6 Å². The van der Waals surface area contributed by atoms with Crippen LogP contribution in [0.15, 0.2) is 54.6 Å². The van der Waals surface area contributed by atoms with Gasteiger partial charge in [0.25, 0.3) is 0 Å². The van der Waals surface area contributed by atoms with E-state index in [1.54, 1.807) is 24.3 Å². The molecule has 7 heteroatoms. The Balaban J connectivity index is 1.79. The lowest BCUT2D eigenvalue weighted by Crippen LogP contribution is -2.56. The van der Waals surface area contributed by atoms with Crippen LogP contribution in [0.5, 0.6) is 0 Å². The Morgan fingerprint density at radius 2 is 1.74 bits per heavy atom. The highest BCUT2D eigenvalue weighted by Crippen LogP contribution is 2.51. The van der Waals surface area contributed by atoms with Gasteiger partial charge in [0.05, 0.1) is 18.4 Å². The van der Waals surface area contributed by atoms with E-state index >= 15 is 0 Å². The Morgan fingerprint density at radius 1 is 1.10 bits per heavy atom. The summed E-state index contributed by atoms with van der Waals surface area (Å²) in [6.45, 7) is 3.97. The number of likely N-dealkylation sites (tertiary alicyclic amines) is 1. The van der Waals surface area contributed by atoms with E-state index in [2.05, 4.69) is 5.32 Å². The number of hydrogen-bond acceptors (Lipinski definition) is 4. The lowest BCUT2D eigenvalue weighted by Gasteiger charge is -2.32. The number of carboxylic acid groups (broad SMARTS) is 1. The third kappa shape index (κ3) is 3.64. The van der Waals surface area contributed by atoms with Gasteiger partial charge in [-0.25, -0.2) is 0 Å². The molecule has 4 rings (SSSR count). The monoisotopic (exact) mass is 440 g/mol. The largest absolute Gasteiger partial charge is 0.480 e. The molecule has 2 fully saturated rings. The summed E-state index contributed by atoms with van der Waals surface area (Å²) in [7, 11) is 0. The zero-order valence-corrected chi connectivity index (χ0v) is 18.2. The highest BCUT2D eigenvalue weighted by Gasteiger charge is 2.68. The van der Waals surface area contributed by atoms with Crippen LogP contribution in [0.4, 0.5) is 0 Å². The molecule has 4 unspecified atom stereocenters. The highest BCUT2D eigenvalue weighted by atomic mass is 35.5. The van der Waals surface area contributed by atoms with Crippen molar-refractivity contribution in [2.75, 3.05) is 0 Å². The summed E-state index contributed by atoms with van der Waals surface area (Å²) >= 11 is 6.03. The SMILES string of the molecule is CC(C)CC1(C(=O)O)NC(c2ccc(Cl)cc2)C2C(=O)N(Cc3ccccc3)C(=O)C21. The number of nitrogens with one attached hydrogen (secondary N) is 1. The first-order chi connectivity index (χ1) is 14.7. The summed E-state index contributed by atoms with van der Waals surface area (Å²) < 4.78 is 0. The van der Waals surface area contributed by atoms with Crippen LogP contribution in [0, 0.1) is 17.8 Å². The van der Waals surface area contributed by atoms with E-state index in [1.165, 1.54) is 4.90 Å². The predicted octanol–water partition coefficient (Wildman–Crippen LogP) is 3.66. The van der Waals surface area contributed by atoms with Crippen LogP contribution in [0.2, 0.25) is 5.02 Å². The van der Waals surface area contributed by atoms with Gasteiger partial charge >= 0.3 is 5.97 Å². The van der Waals surface area contributed by atoms with Crippen LogP contribution in [0.25, 0.3) is 0 Å². The second kappa shape index (κ2) is 8.09. The number of imide groups is 1. The number of carbonyl (C=O) groups excluding carboxylic acids is 2. The molecule has 2 saturated heterocycles. The van der Waals surface area contributed by atoms with Gasteiger partial charge in [-0.1, -0.05) is 67.9 Å². The molecule has 2 amide bonds. The van der Waals surface area contributed by atoms with Gasteiger partial charge in [-0.15, -0.1) is 0 Å². The van der Waals surface area contributed by atoms with Crippen molar-refractivity contribution in [2.45, 2.75) is 38.4 Å². The lowest BCUT2D eigenvalue weighted by atomic mass is 9.75. The maximum atomic E-state index is 13.5. The third-order valence-corrected chi connectivity index (χ3v) is 6.52. The third-order valence-electron chi connectivity index (χ3n) is 6.27. The average Bonchev–Trinajstić information content (AvgIpc) is 3.19. The van der Waals surface area contributed by atoms with Crippen molar-refractivity contribution < 1.29 is 19.5 Å². The van der Waals surface area contributed by atoms with Gasteiger partial charge in [-0.2, -0.15) is 0 Å². The van der Waals surface area contributed by atoms with E-state index in [0.29, 0.717) is 5.02 Å². The summed E-state index contributed by atoms with van der Waals surface area (Å²) in [5, 5.41) is 14.0. The summed E-state index contributed by atoms with van der Waals surface area (Å²) in [6, 6.07) is 15.6. The minimum atomic E-state index is -1.51. The molecule has 0 radical (unpaired) electrons. The fraction of sp³-hybridized carbons (Fsp3) is 0.375. The quantitative estimate of drug-likeness (QED) is 0.669. The molecule has 0 aromatic heterocycles. The number of benzene rings is 2. The van der Waals surface area contributed by atoms with E-state index in [1.807, 2.05) is 44.2 Å². The molecule has 0 aliphatic carbocycles. The van der Waals surface area contributed by atoms with E-state index in [4.69, 9.17) is 11.6 Å². The lowest BCUT2D eigenvalue weighted by molar-refractivity contribution is -0.152. The number of aliphatic carboxylic acids is 1. The Hall–Kier alpha value is -2.70. The number of amides is 2. The van der Waals surface area contributed by atoms with E-state index < -0.39 is 35.3 Å². The molecule has 6 nitrogen and oxygen atoms in total. The van der Waals surface area contributed by atoms with Crippen LogP contribution in [-0.4, -0.2) is 33.3 Å². The molecule has 162 valence electrons. The van der Waals surface area contributed by atoms with Crippen LogP contribution in [0.1, 0.15) is 37.4 Å². The van der Waals surface area contributed by atoms with Crippen molar-refractivity contribution in [3.63, 3.8) is 0 Å². The topological polar surface area (TPSA) is 86.7 Å². The molecular formula is C24H25ClN2O4. The van der Waals surface area contributed by atoms with Gasteiger partial charge in [-0.3, -0.25) is 24.6 Å². The molecular weight excluding hydrogens is 416 g/mol. The molecule has 0 saturated carbocycles. The number of rotatable bonds is 6. The normalized spacial score (nSPS) is 27.7. The number of fused-ring (bicyclic) bond motifs is 1. The number of carbonyl (C=O) groups is 3. The standard InChI is InChI=1S/C24H25ClN2O4/c1-14(2)12-24(23(30)31)19-18(20(26-24)16-8-10-17(25)11-9-16)21(28)27(22(19)29)13-15-6-4-3-5-7-15/h3-11,14,18-20,26H,12-13H2,1-2H3,(H,30,31). The Bertz CT molecular complexity index is 1010. The zero-order chi connectivity index (χ0) is 22.3. The average molecular weight is 441 g/mol. The fourth-order valence-electron chi connectivity index (χ4n) is 5.06. The zero-order valence-electron chi connectivity index (χ0n) is 17.4. The van der Waals surface area contributed by atoms with Crippen molar-refractivity contribution >= 4 is 29.4 Å². The molecule has 2 heterocycles. The molecule has 2 aromatic rings. The van der Waals surface area contributed by atoms with Crippen LogP contribution in [-0.2, 0) is 20.9 Å². The highest BCUT2D eigenvalue weighted by molar-refractivity contribution is 6.30. The first-order valence-corrected chi connectivity index (χ1v) is 10.8. The first kappa shape index (κ1) is 21.5. The van der Waals surface area contributed by atoms with E-state index in [0.717, 1.165) is 11.1 Å². The van der Waals surface area contributed by atoms with Gasteiger partial charge in [0.2, 0.25) is 11.8 Å². The molecule has 0 spiro atoms. The summed E-state index contributed by atoms with van der Waals surface area (Å²) in [5.74, 6) is -3.60. The number of nitrogens with zero attached hydrogens (tertiary/aromatic N) is 1. The Kier molecular flexibility index (Phi) is 5.62. The molecule has 4 atom stereocenters. The second-order valence-corrected chi connectivity index (χ2v) is 9.24. The van der Waals surface area contributed by atoms with Gasteiger partial charge in [0, 0.05) is 11.1 Å². The van der Waals surface area contributed by atoms with Gasteiger partial charge in [0.1, 0.15) is 5.54 Å². The maximum absolute atomic E-state index is 13.5. The molecule has 2 aliphatic heterocycles. The summed E-state index contributed by atoms with van der Waals surface area (Å²) in [4.78, 5) is 40.8. The Morgan fingerprint density at radius 3 is 2.32 bits per heavy atom. The van der Waals surface area contributed by atoms with Crippen molar-refractivity contribution in [2.24, 2.45) is 17.8 Å². The van der Waals surface area contributed by atoms with Crippen molar-refractivity contribution in [3.05, 3.63) is 70.7 Å². The fourth-order valence-corrected chi connectivity index (χ4v) is 5.18. The maximum Gasteiger partial charge on any atom is 0.324 e. The minimum absolute atomic E-state index is 0.0132. The van der Waals surface area contributed by atoms with Crippen molar-refractivity contribution in [1.29, 1.82) is 0 Å². The number of halogens is 1. The van der Waals surface area contributed by atoms with Gasteiger partial charge in [-0.05, 0) is 35.6 Å². The molecule has 2 aliphatic rings. The molecule has 0 bridgehead atoms. The van der Waals surface area contributed by atoms with E-state index in [9.17, 15) is 19.5 Å². The van der Waals surface area contributed by atoms with Crippen LogP contribution < -0.4 is 5.32 Å². The predicted molar refractivity (Wildman–Crippen MR) is 116 cm³/mol. The van der Waals surface area contributed by atoms with Crippen molar-refractivity contribution in [3.8, 4) is 0 Å². The Labute approximate surface area is 186 Å². The summed E-state index contributed by atoms with van der Waals surface area (Å²) in [5.41, 5.74) is 0.0559. The number of carboxylic acids is 1. The van der Waals surface area contributed by atoms with Crippen molar-refractivity contribution in [1.82, 2.24) is 10.2 Å².